The second-order valence-electron chi connectivity index (χ2n) is 9.03. The number of rotatable bonds is 6. The summed E-state index contributed by atoms with van der Waals surface area (Å²) >= 11 is 0. The van der Waals surface area contributed by atoms with Crippen molar-refractivity contribution >= 4 is 11.7 Å². The fourth-order valence-corrected chi connectivity index (χ4v) is 3.70. The summed E-state index contributed by atoms with van der Waals surface area (Å²) in [4.78, 5) is 25.4. The highest BCUT2D eigenvalue weighted by molar-refractivity contribution is 5.94. The van der Waals surface area contributed by atoms with Gasteiger partial charge in [-0.1, -0.05) is 34.1 Å². The zero-order valence-electron chi connectivity index (χ0n) is 20.2. The molecule has 5 nitrogen and oxygen atoms in total. The molecule has 0 atom stereocenters. The van der Waals surface area contributed by atoms with E-state index in [9.17, 15) is 14.0 Å². The van der Waals surface area contributed by atoms with Crippen molar-refractivity contribution in [1.82, 2.24) is 10.2 Å². The first-order valence-corrected chi connectivity index (χ1v) is 11.5. The first-order chi connectivity index (χ1) is 14.7. The maximum atomic E-state index is 13.4. The summed E-state index contributed by atoms with van der Waals surface area (Å²) in [6.45, 7) is 13.1. The van der Waals surface area contributed by atoms with Gasteiger partial charge in [-0.3, -0.25) is 14.5 Å². The SMILES string of the molecule is CC.CC1(C)CCC1.COc1cc(F)cc(C(=O)NCC2CCN(CC(C)=O)CC2)c1. The second kappa shape index (κ2) is 13.5. The van der Waals surface area contributed by atoms with Crippen molar-refractivity contribution in [2.75, 3.05) is 33.3 Å². The molecule has 2 aliphatic rings. The number of hydrogen-bond donors (Lipinski definition) is 1. The number of piperidine rings is 1. The fraction of sp³-hybridized carbons (Fsp3) is 0.680. The van der Waals surface area contributed by atoms with Crippen LogP contribution >= 0.6 is 0 Å². The molecule has 0 radical (unpaired) electrons. The van der Waals surface area contributed by atoms with E-state index >= 15 is 0 Å². The number of carbonyl (C=O) groups is 2. The minimum atomic E-state index is -0.493. The second-order valence-corrected chi connectivity index (χ2v) is 9.03. The van der Waals surface area contributed by atoms with Crippen LogP contribution in [0.1, 0.15) is 77.1 Å². The fourth-order valence-electron chi connectivity index (χ4n) is 3.70. The van der Waals surface area contributed by atoms with Gasteiger partial charge in [0.1, 0.15) is 17.3 Å². The third-order valence-corrected chi connectivity index (χ3v) is 5.78. The molecule has 1 aliphatic heterocycles. The average Bonchev–Trinajstić information content (AvgIpc) is 2.73. The molecule has 1 aliphatic carbocycles. The molecule has 176 valence electrons. The standard InChI is InChI=1S/C17H23FN2O3.C6H12.C2H6/c1-12(21)11-20-5-3-13(4-6-20)10-19-17(22)14-7-15(18)9-16(8-14)23-2;1-6(2)4-3-5-6;1-2/h7-9,13H,3-6,10-11H2,1-2H3,(H,19,22);3-5H2,1-2H3;1-2H3. The normalized spacial score (nSPS) is 17.8. The number of ether oxygens (including phenoxy) is 1. The molecule has 1 saturated carbocycles. The number of likely N-dealkylation sites (tertiary alicyclic amines) is 1. The largest absolute Gasteiger partial charge is 0.497 e. The molecule has 1 amide bonds. The number of hydrogen-bond acceptors (Lipinski definition) is 4. The molecule has 1 N–H and O–H groups in total. The van der Waals surface area contributed by atoms with Crippen LogP contribution in [0.5, 0.6) is 5.75 Å². The molecule has 2 fully saturated rings. The van der Waals surface area contributed by atoms with Gasteiger partial charge >= 0.3 is 0 Å². The average molecular weight is 437 g/mol. The summed E-state index contributed by atoms with van der Waals surface area (Å²) in [5.74, 6) is 0.100. The summed E-state index contributed by atoms with van der Waals surface area (Å²) in [6, 6.07) is 3.96. The van der Waals surface area contributed by atoms with E-state index < -0.39 is 5.82 Å². The van der Waals surface area contributed by atoms with Gasteiger partial charge in [-0.25, -0.2) is 4.39 Å². The first kappa shape index (κ1) is 27.1. The van der Waals surface area contributed by atoms with Crippen molar-refractivity contribution in [2.24, 2.45) is 11.3 Å². The lowest BCUT2D eigenvalue weighted by Gasteiger charge is -2.33. The van der Waals surface area contributed by atoms with Crippen molar-refractivity contribution in [2.45, 2.75) is 66.7 Å². The zero-order chi connectivity index (χ0) is 23.4. The van der Waals surface area contributed by atoms with E-state index in [-0.39, 0.29) is 17.3 Å². The van der Waals surface area contributed by atoms with E-state index in [1.165, 1.54) is 44.6 Å². The summed E-state index contributed by atoms with van der Waals surface area (Å²) < 4.78 is 18.4. The van der Waals surface area contributed by atoms with E-state index in [0.717, 1.165) is 31.3 Å². The summed E-state index contributed by atoms with van der Waals surface area (Å²) in [7, 11) is 1.44. The Labute approximate surface area is 187 Å². The molecule has 1 aromatic carbocycles. The van der Waals surface area contributed by atoms with Crippen LogP contribution in [-0.2, 0) is 4.79 Å². The van der Waals surface area contributed by atoms with Gasteiger partial charge in [0, 0.05) is 18.2 Å². The molecule has 31 heavy (non-hydrogen) atoms. The smallest absolute Gasteiger partial charge is 0.251 e. The number of amides is 1. The van der Waals surface area contributed by atoms with Crippen molar-refractivity contribution < 1.29 is 18.7 Å². The monoisotopic (exact) mass is 436 g/mol. The van der Waals surface area contributed by atoms with Crippen LogP contribution in [0.15, 0.2) is 18.2 Å². The highest BCUT2D eigenvalue weighted by Gasteiger charge is 2.25. The topological polar surface area (TPSA) is 58.6 Å². The number of Topliss-reactive ketones (excluding diaryl/α,β-unsaturated/α-hetero) is 1. The predicted octanol–water partition coefficient (Wildman–Crippen LogP) is 5.09. The lowest BCUT2D eigenvalue weighted by atomic mass is 9.72. The molecule has 1 heterocycles. The number of benzene rings is 1. The van der Waals surface area contributed by atoms with Crippen molar-refractivity contribution in [3.8, 4) is 5.75 Å². The Morgan fingerprint density at radius 1 is 1.16 bits per heavy atom. The van der Waals surface area contributed by atoms with E-state index in [0.29, 0.717) is 24.8 Å². The molecule has 1 aromatic rings. The van der Waals surface area contributed by atoms with Gasteiger partial charge < -0.3 is 10.1 Å². The van der Waals surface area contributed by atoms with E-state index in [4.69, 9.17) is 4.74 Å². The summed E-state index contributed by atoms with van der Waals surface area (Å²) in [5, 5.41) is 2.86. The highest BCUT2D eigenvalue weighted by atomic mass is 19.1. The highest BCUT2D eigenvalue weighted by Crippen LogP contribution is 2.38. The van der Waals surface area contributed by atoms with E-state index in [2.05, 4.69) is 24.1 Å². The van der Waals surface area contributed by atoms with E-state index in [1.54, 1.807) is 6.92 Å². The van der Waals surface area contributed by atoms with Crippen LogP contribution in [-0.4, -0.2) is 49.9 Å². The third-order valence-electron chi connectivity index (χ3n) is 5.78. The molecule has 6 heteroatoms. The van der Waals surface area contributed by atoms with Gasteiger partial charge in [-0.05, 0) is 69.2 Å². The number of ketones is 1. The molecular formula is C25H41FN2O3. The number of nitrogens with zero attached hydrogens (tertiary/aromatic N) is 1. The number of carbonyl (C=O) groups excluding carboxylic acids is 2. The minimum absolute atomic E-state index is 0.178. The Hall–Kier alpha value is -1.95. The number of methoxy groups -OCH3 is 1. The Bertz CT molecular complexity index is 692. The maximum absolute atomic E-state index is 13.4. The number of halogens is 1. The Kier molecular flexibility index (Phi) is 11.8. The lowest BCUT2D eigenvalue weighted by molar-refractivity contribution is -0.118. The molecular weight excluding hydrogens is 395 g/mol. The Morgan fingerprint density at radius 2 is 1.74 bits per heavy atom. The quantitative estimate of drug-likeness (QED) is 0.675. The summed E-state index contributed by atoms with van der Waals surface area (Å²) in [6.07, 6.45) is 6.26. The first-order valence-electron chi connectivity index (χ1n) is 11.5. The van der Waals surface area contributed by atoms with Gasteiger partial charge in [-0.2, -0.15) is 0 Å². The van der Waals surface area contributed by atoms with Crippen LogP contribution in [0.25, 0.3) is 0 Å². The van der Waals surface area contributed by atoms with E-state index in [1.807, 2.05) is 13.8 Å². The maximum Gasteiger partial charge on any atom is 0.251 e. The van der Waals surface area contributed by atoms with Crippen molar-refractivity contribution in [3.63, 3.8) is 0 Å². The lowest BCUT2D eigenvalue weighted by Crippen LogP contribution is -2.40. The van der Waals surface area contributed by atoms with Crippen LogP contribution in [0, 0.1) is 17.2 Å². The summed E-state index contributed by atoms with van der Waals surface area (Å²) in [5.41, 5.74) is 0.982. The third kappa shape index (κ3) is 10.3. The molecule has 0 bridgehead atoms. The van der Waals surface area contributed by atoms with Crippen LogP contribution in [0.4, 0.5) is 4.39 Å². The Balaban J connectivity index is 0.000000508. The van der Waals surface area contributed by atoms with Gasteiger partial charge in [-0.15, -0.1) is 0 Å². The van der Waals surface area contributed by atoms with Gasteiger partial charge in [0.05, 0.1) is 13.7 Å². The van der Waals surface area contributed by atoms with Crippen molar-refractivity contribution in [1.29, 1.82) is 0 Å². The predicted molar refractivity (Wildman–Crippen MR) is 124 cm³/mol. The molecule has 0 spiro atoms. The van der Waals surface area contributed by atoms with Crippen LogP contribution in [0.2, 0.25) is 0 Å². The Morgan fingerprint density at radius 3 is 2.19 bits per heavy atom. The van der Waals surface area contributed by atoms with Gasteiger partial charge in [0.2, 0.25) is 0 Å². The van der Waals surface area contributed by atoms with Crippen LogP contribution in [0.3, 0.4) is 0 Å². The number of nitrogens with one attached hydrogen (secondary N) is 1. The minimum Gasteiger partial charge on any atom is -0.497 e. The van der Waals surface area contributed by atoms with Gasteiger partial charge in [0.25, 0.3) is 5.91 Å². The molecule has 0 unspecified atom stereocenters. The molecule has 1 saturated heterocycles. The zero-order valence-corrected chi connectivity index (χ0v) is 20.2. The van der Waals surface area contributed by atoms with Gasteiger partial charge in [0.15, 0.2) is 0 Å². The van der Waals surface area contributed by atoms with Crippen LogP contribution < -0.4 is 10.1 Å². The molecule has 3 rings (SSSR count). The molecule has 0 aromatic heterocycles. The van der Waals surface area contributed by atoms with Crippen molar-refractivity contribution in [3.05, 3.63) is 29.6 Å².